The summed E-state index contributed by atoms with van der Waals surface area (Å²) < 4.78 is 0. The third-order valence-corrected chi connectivity index (χ3v) is 3.05. The van der Waals surface area contributed by atoms with Crippen molar-refractivity contribution in [3.05, 3.63) is 42.0 Å². The molecule has 1 aromatic carbocycles. The molecule has 1 saturated heterocycles. The quantitative estimate of drug-likeness (QED) is 0.638. The third-order valence-electron chi connectivity index (χ3n) is 2.08. The van der Waals surface area contributed by atoms with Crippen molar-refractivity contribution in [2.75, 3.05) is 5.75 Å². The monoisotopic (exact) mass is 176 g/mol. The molecule has 1 fully saturated rings. The summed E-state index contributed by atoms with van der Waals surface area (Å²) in [4.78, 5) is 0. The lowest BCUT2D eigenvalue weighted by molar-refractivity contribution is 1.02. The minimum absolute atomic E-state index is 0.902. The second-order valence-corrected chi connectivity index (χ2v) is 4.44. The second kappa shape index (κ2) is 3.36. The first-order valence-electron chi connectivity index (χ1n) is 4.21. The molecule has 0 radical (unpaired) electrons. The lowest BCUT2D eigenvalue weighted by Crippen LogP contribution is -1.90. The Bertz CT molecular complexity index is 270. The maximum absolute atomic E-state index is 3.73. The Kier molecular flexibility index (Phi) is 2.22. The van der Waals surface area contributed by atoms with Crippen LogP contribution in [0.2, 0.25) is 0 Å². The van der Waals surface area contributed by atoms with E-state index in [4.69, 9.17) is 0 Å². The van der Waals surface area contributed by atoms with Crippen LogP contribution in [-0.2, 0) is 6.42 Å². The highest BCUT2D eigenvalue weighted by Crippen LogP contribution is 2.33. The van der Waals surface area contributed by atoms with Gasteiger partial charge in [0.15, 0.2) is 0 Å². The van der Waals surface area contributed by atoms with Gasteiger partial charge in [0.2, 0.25) is 0 Å². The van der Waals surface area contributed by atoms with Gasteiger partial charge in [-0.15, -0.1) is 0 Å². The van der Waals surface area contributed by atoms with Crippen molar-refractivity contribution in [1.82, 2.24) is 0 Å². The van der Waals surface area contributed by atoms with E-state index in [2.05, 4.69) is 42.6 Å². The molecule has 0 spiro atoms. The molecule has 0 amide bonds. The fourth-order valence-electron chi connectivity index (χ4n) is 1.24. The Hall–Kier alpha value is -0.690. The summed E-state index contributed by atoms with van der Waals surface area (Å²) in [6, 6.07) is 8.68. The second-order valence-electron chi connectivity index (χ2n) is 3.11. The van der Waals surface area contributed by atoms with Crippen molar-refractivity contribution >= 4 is 17.8 Å². The van der Waals surface area contributed by atoms with Crippen molar-refractivity contribution in [2.45, 2.75) is 11.7 Å². The zero-order valence-electron chi connectivity index (χ0n) is 6.99. The molecule has 12 heavy (non-hydrogen) atoms. The molecular weight excluding hydrogens is 164 g/mol. The summed E-state index contributed by atoms with van der Waals surface area (Å²) in [6.45, 7) is 3.73. The molecular formula is C11H12S. The average Bonchev–Trinajstić information content (AvgIpc) is 2.90. The minimum atomic E-state index is 0.902. The number of benzene rings is 1. The fraction of sp³-hybridized carbons (Fsp3) is 0.273. The van der Waals surface area contributed by atoms with Crippen LogP contribution in [0.5, 0.6) is 0 Å². The van der Waals surface area contributed by atoms with Gasteiger partial charge in [-0.05, 0) is 17.5 Å². The van der Waals surface area contributed by atoms with Crippen LogP contribution in [0.4, 0.5) is 0 Å². The lowest BCUT2D eigenvalue weighted by Gasteiger charge is -1.98. The van der Waals surface area contributed by atoms with Crippen molar-refractivity contribution in [1.29, 1.82) is 0 Å². The first-order chi connectivity index (χ1) is 5.88. The maximum atomic E-state index is 3.73. The van der Waals surface area contributed by atoms with Gasteiger partial charge in [0, 0.05) is 11.0 Å². The van der Waals surface area contributed by atoms with Crippen LogP contribution in [0.1, 0.15) is 11.1 Å². The van der Waals surface area contributed by atoms with Crippen LogP contribution in [0.25, 0.3) is 6.08 Å². The first kappa shape index (κ1) is 7.93. The molecule has 1 heteroatoms. The number of hydrogen-bond acceptors (Lipinski definition) is 1. The molecule has 0 N–H and O–H groups in total. The van der Waals surface area contributed by atoms with Crippen LogP contribution in [-0.4, -0.2) is 11.0 Å². The normalized spacial score (nSPS) is 20.5. The van der Waals surface area contributed by atoms with E-state index in [1.807, 2.05) is 6.08 Å². The van der Waals surface area contributed by atoms with Gasteiger partial charge in [-0.2, -0.15) is 11.8 Å². The van der Waals surface area contributed by atoms with Crippen LogP contribution >= 0.6 is 11.8 Å². The van der Waals surface area contributed by atoms with E-state index in [1.165, 1.54) is 23.3 Å². The Labute approximate surface area is 77.7 Å². The Morgan fingerprint density at radius 1 is 1.42 bits per heavy atom. The third kappa shape index (κ3) is 1.92. The molecule has 0 nitrogen and oxygen atoms in total. The smallest absolute Gasteiger partial charge is 0.0179 e. The molecule has 0 bridgehead atoms. The van der Waals surface area contributed by atoms with Gasteiger partial charge >= 0.3 is 0 Å². The molecule has 1 heterocycles. The average molecular weight is 176 g/mol. The first-order valence-corrected chi connectivity index (χ1v) is 5.26. The van der Waals surface area contributed by atoms with E-state index in [9.17, 15) is 0 Å². The molecule has 0 saturated carbocycles. The summed E-state index contributed by atoms with van der Waals surface area (Å²) in [6.07, 6.45) is 3.12. The van der Waals surface area contributed by atoms with Gasteiger partial charge in [-0.3, -0.25) is 0 Å². The summed E-state index contributed by atoms with van der Waals surface area (Å²) in [7, 11) is 0. The number of rotatable bonds is 3. The summed E-state index contributed by atoms with van der Waals surface area (Å²) >= 11 is 2.05. The van der Waals surface area contributed by atoms with E-state index in [0.717, 1.165) is 5.25 Å². The fourth-order valence-corrected chi connectivity index (χ4v) is 1.80. The topological polar surface area (TPSA) is 0 Å². The number of hydrogen-bond donors (Lipinski definition) is 0. The van der Waals surface area contributed by atoms with Crippen LogP contribution < -0.4 is 0 Å². The largest absolute Gasteiger partial charge is 0.156 e. The molecule has 1 aromatic rings. The van der Waals surface area contributed by atoms with Gasteiger partial charge < -0.3 is 0 Å². The van der Waals surface area contributed by atoms with Crippen LogP contribution in [0.3, 0.4) is 0 Å². The zero-order valence-corrected chi connectivity index (χ0v) is 7.81. The summed E-state index contributed by atoms with van der Waals surface area (Å²) in [5.41, 5.74) is 2.66. The van der Waals surface area contributed by atoms with Crippen molar-refractivity contribution < 1.29 is 0 Å². The summed E-state index contributed by atoms with van der Waals surface area (Å²) in [5, 5.41) is 0.902. The van der Waals surface area contributed by atoms with Gasteiger partial charge in [0.05, 0.1) is 0 Å². The van der Waals surface area contributed by atoms with Crippen molar-refractivity contribution in [3.63, 3.8) is 0 Å². The molecule has 0 aromatic heterocycles. The minimum Gasteiger partial charge on any atom is -0.156 e. The highest BCUT2D eigenvalue weighted by molar-refractivity contribution is 8.06. The van der Waals surface area contributed by atoms with E-state index in [-0.39, 0.29) is 0 Å². The van der Waals surface area contributed by atoms with Gasteiger partial charge in [0.25, 0.3) is 0 Å². The van der Waals surface area contributed by atoms with Gasteiger partial charge in [-0.1, -0.05) is 36.9 Å². The van der Waals surface area contributed by atoms with Gasteiger partial charge in [-0.25, -0.2) is 0 Å². The molecule has 1 atom stereocenters. The number of thioether (sulfide) groups is 1. The maximum Gasteiger partial charge on any atom is 0.0179 e. The van der Waals surface area contributed by atoms with Crippen LogP contribution in [0, 0.1) is 0 Å². The van der Waals surface area contributed by atoms with E-state index in [1.54, 1.807) is 0 Å². The predicted molar refractivity (Wildman–Crippen MR) is 56.5 cm³/mol. The zero-order chi connectivity index (χ0) is 8.39. The molecule has 2 rings (SSSR count). The highest BCUT2D eigenvalue weighted by Gasteiger charge is 2.21. The van der Waals surface area contributed by atoms with E-state index in [0.29, 0.717) is 0 Å². The SMILES string of the molecule is C=Cc1ccc(CC2CS2)cc1. The highest BCUT2D eigenvalue weighted by atomic mass is 32.2. The Balaban J connectivity index is 2.07. The Morgan fingerprint density at radius 3 is 2.58 bits per heavy atom. The molecule has 1 unspecified atom stereocenters. The molecule has 62 valence electrons. The summed E-state index contributed by atoms with van der Waals surface area (Å²) in [5.74, 6) is 1.35. The molecule has 1 aliphatic rings. The standard InChI is InChI=1S/C11H12S/c1-2-9-3-5-10(6-4-9)7-11-8-12-11/h2-6,11H,1,7-8H2. The van der Waals surface area contributed by atoms with Crippen molar-refractivity contribution in [2.24, 2.45) is 0 Å². The molecule has 1 aliphatic heterocycles. The van der Waals surface area contributed by atoms with Crippen LogP contribution in [0.15, 0.2) is 30.8 Å². The van der Waals surface area contributed by atoms with E-state index < -0.39 is 0 Å². The predicted octanol–water partition coefficient (Wildman–Crippen LogP) is 2.99. The molecule has 0 aliphatic carbocycles. The van der Waals surface area contributed by atoms with Gasteiger partial charge in [0.1, 0.15) is 0 Å². The van der Waals surface area contributed by atoms with Crippen molar-refractivity contribution in [3.8, 4) is 0 Å². The Morgan fingerprint density at radius 2 is 2.08 bits per heavy atom. The van der Waals surface area contributed by atoms with E-state index >= 15 is 0 Å². The lowest BCUT2D eigenvalue weighted by atomic mass is 10.1.